The lowest BCUT2D eigenvalue weighted by molar-refractivity contribution is 0.0941. The molecule has 4 nitrogen and oxygen atoms in total. The molecule has 0 saturated heterocycles. The predicted octanol–water partition coefficient (Wildman–Crippen LogP) is 1.88. The molecule has 0 aliphatic carbocycles. The van der Waals surface area contributed by atoms with Gasteiger partial charge in [0, 0.05) is 18.0 Å². The molecule has 0 saturated carbocycles. The standard InChI is InChI=1S/C13H18N2O2S/c1-3-17-11-6-4-10(5-7-11)13(16)15-9(2)8-12(14)18/h4-7,9H,3,8H2,1-2H3,(H2,14,18)(H,15,16). The third kappa shape index (κ3) is 4.71. The van der Waals surface area contributed by atoms with Gasteiger partial charge in [0.25, 0.3) is 5.91 Å². The second-order valence-electron chi connectivity index (χ2n) is 4.00. The van der Waals surface area contributed by atoms with Gasteiger partial charge < -0.3 is 15.8 Å². The van der Waals surface area contributed by atoms with Gasteiger partial charge in [-0.2, -0.15) is 0 Å². The van der Waals surface area contributed by atoms with Crippen molar-refractivity contribution in [3.05, 3.63) is 29.8 Å². The number of hydrogen-bond acceptors (Lipinski definition) is 3. The van der Waals surface area contributed by atoms with Crippen LogP contribution in [0.1, 0.15) is 30.6 Å². The van der Waals surface area contributed by atoms with Gasteiger partial charge in [0.05, 0.1) is 11.6 Å². The first kappa shape index (κ1) is 14.4. The van der Waals surface area contributed by atoms with Crippen LogP contribution in [0.25, 0.3) is 0 Å². The molecule has 5 heteroatoms. The number of hydrogen-bond donors (Lipinski definition) is 2. The normalized spacial score (nSPS) is 11.7. The summed E-state index contributed by atoms with van der Waals surface area (Å²) in [6, 6.07) is 6.94. The number of rotatable bonds is 6. The minimum absolute atomic E-state index is 0.0680. The molecule has 98 valence electrons. The molecule has 1 aromatic carbocycles. The highest BCUT2D eigenvalue weighted by atomic mass is 32.1. The fourth-order valence-electron chi connectivity index (χ4n) is 1.53. The van der Waals surface area contributed by atoms with Crippen molar-refractivity contribution >= 4 is 23.1 Å². The van der Waals surface area contributed by atoms with Crippen LogP contribution in [-0.4, -0.2) is 23.5 Å². The first-order valence-corrected chi connectivity index (χ1v) is 6.25. The number of nitrogens with two attached hydrogens (primary N) is 1. The number of nitrogens with one attached hydrogen (secondary N) is 1. The first-order chi connectivity index (χ1) is 8.52. The Balaban J connectivity index is 2.58. The summed E-state index contributed by atoms with van der Waals surface area (Å²) in [5.74, 6) is 0.618. The topological polar surface area (TPSA) is 64.3 Å². The average Bonchev–Trinajstić information content (AvgIpc) is 2.29. The molecule has 1 atom stereocenters. The van der Waals surface area contributed by atoms with Gasteiger partial charge in [0.2, 0.25) is 0 Å². The molecule has 0 heterocycles. The van der Waals surface area contributed by atoms with Crippen LogP contribution in [0, 0.1) is 0 Å². The van der Waals surface area contributed by atoms with E-state index in [1.165, 1.54) is 0 Å². The van der Waals surface area contributed by atoms with Crippen LogP contribution < -0.4 is 15.8 Å². The summed E-state index contributed by atoms with van der Waals surface area (Å²) < 4.78 is 5.31. The zero-order chi connectivity index (χ0) is 13.5. The Morgan fingerprint density at radius 1 is 1.44 bits per heavy atom. The van der Waals surface area contributed by atoms with E-state index in [4.69, 9.17) is 22.7 Å². The van der Waals surface area contributed by atoms with E-state index in [1.807, 2.05) is 13.8 Å². The van der Waals surface area contributed by atoms with E-state index in [0.717, 1.165) is 5.75 Å². The Bertz CT molecular complexity index is 418. The van der Waals surface area contributed by atoms with Crippen LogP contribution >= 0.6 is 12.2 Å². The highest BCUT2D eigenvalue weighted by Crippen LogP contribution is 2.12. The van der Waals surface area contributed by atoms with Crippen LogP contribution in [0.3, 0.4) is 0 Å². The van der Waals surface area contributed by atoms with Gasteiger partial charge in [-0.3, -0.25) is 4.79 Å². The van der Waals surface area contributed by atoms with Crippen LogP contribution in [0.5, 0.6) is 5.75 Å². The molecule has 0 aliphatic rings. The number of amides is 1. The first-order valence-electron chi connectivity index (χ1n) is 5.85. The van der Waals surface area contributed by atoms with Crippen molar-refractivity contribution in [3.63, 3.8) is 0 Å². The Labute approximate surface area is 113 Å². The summed E-state index contributed by atoms with van der Waals surface area (Å²) in [6.07, 6.45) is 0.498. The van der Waals surface area contributed by atoms with E-state index in [2.05, 4.69) is 5.32 Å². The third-order valence-corrected chi connectivity index (χ3v) is 2.48. The molecule has 18 heavy (non-hydrogen) atoms. The van der Waals surface area contributed by atoms with E-state index in [-0.39, 0.29) is 11.9 Å². The minimum Gasteiger partial charge on any atom is -0.494 e. The van der Waals surface area contributed by atoms with Gasteiger partial charge in [0.15, 0.2) is 0 Å². The van der Waals surface area contributed by atoms with E-state index >= 15 is 0 Å². The number of carbonyl (C=O) groups is 1. The Hall–Kier alpha value is -1.62. The lowest BCUT2D eigenvalue weighted by Crippen LogP contribution is -2.35. The van der Waals surface area contributed by atoms with E-state index in [1.54, 1.807) is 24.3 Å². The molecular weight excluding hydrogens is 248 g/mol. The fraction of sp³-hybridized carbons (Fsp3) is 0.385. The number of benzene rings is 1. The lowest BCUT2D eigenvalue weighted by atomic mass is 10.1. The third-order valence-electron chi connectivity index (χ3n) is 2.31. The summed E-state index contributed by atoms with van der Waals surface area (Å²) in [6.45, 7) is 4.39. The smallest absolute Gasteiger partial charge is 0.251 e. The average molecular weight is 266 g/mol. The van der Waals surface area contributed by atoms with Crippen molar-refractivity contribution in [2.24, 2.45) is 5.73 Å². The maximum atomic E-state index is 11.9. The van der Waals surface area contributed by atoms with Crippen molar-refractivity contribution in [2.45, 2.75) is 26.3 Å². The molecule has 0 radical (unpaired) electrons. The summed E-state index contributed by atoms with van der Waals surface area (Å²) >= 11 is 4.80. The van der Waals surface area contributed by atoms with Crippen molar-refractivity contribution in [3.8, 4) is 5.75 Å². The van der Waals surface area contributed by atoms with Gasteiger partial charge in [0.1, 0.15) is 5.75 Å². The highest BCUT2D eigenvalue weighted by Gasteiger charge is 2.10. The second kappa shape index (κ2) is 6.96. The largest absolute Gasteiger partial charge is 0.494 e. The zero-order valence-electron chi connectivity index (χ0n) is 10.6. The van der Waals surface area contributed by atoms with Gasteiger partial charge in [-0.05, 0) is 38.1 Å². The van der Waals surface area contributed by atoms with Gasteiger partial charge >= 0.3 is 0 Å². The summed E-state index contributed by atoms with van der Waals surface area (Å²) in [5.41, 5.74) is 6.02. The van der Waals surface area contributed by atoms with Gasteiger partial charge in [-0.15, -0.1) is 0 Å². The second-order valence-corrected chi connectivity index (χ2v) is 4.53. The molecule has 1 aromatic rings. The molecule has 1 rings (SSSR count). The zero-order valence-corrected chi connectivity index (χ0v) is 11.4. The fourth-order valence-corrected chi connectivity index (χ4v) is 1.78. The maximum absolute atomic E-state index is 11.9. The summed E-state index contributed by atoms with van der Waals surface area (Å²) in [7, 11) is 0. The van der Waals surface area contributed by atoms with Crippen molar-refractivity contribution in [1.29, 1.82) is 0 Å². The quantitative estimate of drug-likeness (QED) is 0.772. The van der Waals surface area contributed by atoms with Crippen molar-refractivity contribution in [1.82, 2.24) is 5.32 Å². The summed E-state index contributed by atoms with van der Waals surface area (Å²) in [4.78, 5) is 12.3. The van der Waals surface area contributed by atoms with Gasteiger partial charge in [-0.1, -0.05) is 12.2 Å². The minimum atomic E-state index is -0.137. The van der Waals surface area contributed by atoms with E-state index < -0.39 is 0 Å². The van der Waals surface area contributed by atoms with E-state index in [9.17, 15) is 4.79 Å². The molecule has 0 aliphatic heterocycles. The highest BCUT2D eigenvalue weighted by molar-refractivity contribution is 7.80. The van der Waals surface area contributed by atoms with Crippen LogP contribution in [-0.2, 0) is 0 Å². The molecule has 0 fully saturated rings. The van der Waals surface area contributed by atoms with Crippen molar-refractivity contribution in [2.75, 3.05) is 6.61 Å². The van der Waals surface area contributed by atoms with Crippen LogP contribution in [0.4, 0.5) is 0 Å². The number of thiocarbonyl (C=S) groups is 1. The summed E-state index contributed by atoms with van der Waals surface area (Å²) in [5, 5.41) is 2.83. The Kier molecular flexibility index (Phi) is 5.58. The molecule has 0 bridgehead atoms. The monoisotopic (exact) mass is 266 g/mol. The van der Waals surface area contributed by atoms with Gasteiger partial charge in [-0.25, -0.2) is 0 Å². The lowest BCUT2D eigenvalue weighted by Gasteiger charge is -2.13. The van der Waals surface area contributed by atoms with Crippen molar-refractivity contribution < 1.29 is 9.53 Å². The Morgan fingerprint density at radius 3 is 2.56 bits per heavy atom. The molecular formula is C13H18N2O2S. The molecule has 0 spiro atoms. The SMILES string of the molecule is CCOc1ccc(C(=O)NC(C)CC(N)=S)cc1. The Morgan fingerprint density at radius 2 is 2.06 bits per heavy atom. The number of carbonyl (C=O) groups excluding carboxylic acids is 1. The van der Waals surface area contributed by atoms with Crippen LogP contribution in [0.2, 0.25) is 0 Å². The van der Waals surface area contributed by atoms with E-state index in [0.29, 0.717) is 23.6 Å². The molecule has 1 unspecified atom stereocenters. The molecule has 1 amide bonds. The molecule has 3 N–H and O–H groups in total. The number of ether oxygens (including phenoxy) is 1. The predicted molar refractivity (Wildman–Crippen MR) is 75.9 cm³/mol. The maximum Gasteiger partial charge on any atom is 0.251 e. The van der Waals surface area contributed by atoms with Crippen LogP contribution in [0.15, 0.2) is 24.3 Å². The molecule has 0 aromatic heterocycles.